The average Bonchev–Trinajstić information content (AvgIpc) is 2.87. The number of aromatic nitrogens is 1. The normalized spacial score (nSPS) is 14.2. The van der Waals surface area contributed by atoms with Gasteiger partial charge in [-0.1, -0.05) is 48.5 Å². The first-order valence-corrected chi connectivity index (χ1v) is 12.4. The number of fused-ring (bicyclic) bond motifs is 1. The number of carbonyl (C=O) groups is 1. The zero-order valence-corrected chi connectivity index (χ0v) is 20.7. The largest absolute Gasteiger partial charge is 0.342 e. The Kier molecular flexibility index (Phi) is 10.8. The summed E-state index contributed by atoms with van der Waals surface area (Å²) in [6.45, 7) is 5.75. The summed E-state index contributed by atoms with van der Waals surface area (Å²) in [7, 11) is 0. The smallest absolute Gasteiger partial charge is 0.227 e. The zero-order valence-electron chi connectivity index (χ0n) is 19.9. The third kappa shape index (κ3) is 7.79. The second-order valence-electron chi connectivity index (χ2n) is 9.05. The maximum atomic E-state index is 12.9. The highest BCUT2D eigenvalue weighted by atomic mass is 35.5. The molecule has 0 atom stereocenters. The molecular formula is C28H37ClN4O. The van der Waals surface area contributed by atoms with E-state index in [1.807, 2.05) is 30.5 Å². The van der Waals surface area contributed by atoms with E-state index in [4.69, 9.17) is 0 Å². The van der Waals surface area contributed by atoms with Crippen LogP contribution < -0.4 is 10.6 Å². The van der Waals surface area contributed by atoms with Gasteiger partial charge in [0.1, 0.15) is 0 Å². The molecule has 1 aromatic heterocycles. The Hall–Kier alpha value is -2.47. The fourth-order valence-electron chi connectivity index (χ4n) is 4.63. The first kappa shape index (κ1) is 26.1. The van der Waals surface area contributed by atoms with Crippen LogP contribution in [0.4, 0.5) is 0 Å². The Morgan fingerprint density at radius 1 is 0.912 bits per heavy atom. The number of amides is 1. The lowest BCUT2D eigenvalue weighted by Crippen LogP contribution is -2.41. The highest BCUT2D eigenvalue weighted by Gasteiger charge is 2.22. The van der Waals surface area contributed by atoms with Crippen molar-refractivity contribution in [2.24, 2.45) is 5.92 Å². The molecule has 182 valence electrons. The van der Waals surface area contributed by atoms with Crippen LogP contribution in [0.15, 0.2) is 66.9 Å². The first-order valence-electron chi connectivity index (χ1n) is 12.4. The summed E-state index contributed by atoms with van der Waals surface area (Å²) in [5, 5.41) is 9.48. The van der Waals surface area contributed by atoms with E-state index < -0.39 is 0 Å². The van der Waals surface area contributed by atoms with Gasteiger partial charge < -0.3 is 15.5 Å². The summed E-state index contributed by atoms with van der Waals surface area (Å²) >= 11 is 0. The highest BCUT2D eigenvalue weighted by molar-refractivity contribution is 5.90. The second kappa shape index (κ2) is 14.1. The number of benzene rings is 2. The summed E-state index contributed by atoms with van der Waals surface area (Å²) < 4.78 is 0. The lowest BCUT2D eigenvalue weighted by Gasteiger charge is -2.32. The van der Waals surface area contributed by atoms with Crippen LogP contribution in [0, 0.1) is 5.92 Å². The molecule has 0 aliphatic carbocycles. The van der Waals surface area contributed by atoms with E-state index in [1.165, 1.54) is 23.6 Å². The lowest BCUT2D eigenvalue weighted by molar-refractivity contribution is -0.131. The van der Waals surface area contributed by atoms with Gasteiger partial charge in [0, 0.05) is 25.8 Å². The summed E-state index contributed by atoms with van der Waals surface area (Å²) in [5.41, 5.74) is 2.23. The SMILES string of the molecule is Cl.O=C(Cc1cccc2ccccc12)N1CCC(CNCCCCNCc2ccccn2)CC1. The topological polar surface area (TPSA) is 57.3 Å². The minimum Gasteiger partial charge on any atom is -0.342 e. The van der Waals surface area contributed by atoms with Crippen molar-refractivity contribution in [1.29, 1.82) is 0 Å². The molecule has 0 radical (unpaired) electrons. The van der Waals surface area contributed by atoms with Gasteiger partial charge in [-0.2, -0.15) is 0 Å². The minimum absolute atomic E-state index is 0. The number of likely N-dealkylation sites (tertiary alicyclic amines) is 1. The van der Waals surface area contributed by atoms with Gasteiger partial charge in [-0.3, -0.25) is 9.78 Å². The van der Waals surface area contributed by atoms with E-state index in [1.54, 1.807) is 0 Å². The van der Waals surface area contributed by atoms with Crippen molar-refractivity contribution in [3.8, 4) is 0 Å². The van der Waals surface area contributed by atoms with Crippen LogP contribution >= 0.6 is 12.4 Å². The van der Waals surface area contributed by atoms with Gasteiger partial charge in [0.2, 0.25) is 5.91 Å². The molecule has 6 heteroatoms. The number of pyridine rings is 1. The van der Waals surface area contributed by atoms with Gasteiger partial charge in [0.25, 0.3) is 0 Å². The fraction of sp³-hybridized carbons (Fsp3) is 0.429. The van der Waals surface area contributed by atoms with Crippen molar-refractivity contribution in [3.05, 3.63) is 78.1 Å². The predicted octanol–water partition coefficient (Wildman–Crippen LogP) is 4.60. The number of nitrogens with zero attached hydrogens (tertiary/aromatic N) is 2. The molecule has 1 fully saturated rings. The monoisotopic (exact) mass is 480 g/mol. The van der Waals surface area contributed by atoms with Crippen LogP contribution in [-0.2, 0) is 17.8 Å². The number of unbranched alkanes of at least 4 members (excludes halogenated alkanes) is 1. The van der Waals surface area contributed by atoms with Gasteiger partial charge in [-0.05, 0) is 79.7 Å². The van der Waals surface area contributed by atoms with Gasteiger partial charge >= 0.3 is 0 Å². The zero-order chi connectivity index (χ0) is 22.7. The maximum Gasteiger partial charge on any atom is 0.227 e. The molecule has 1 aliphatic heterocycles. The number of hydrogen-bond acceptors (Lipinski definition) is 4. The van der Waals surface area contributed by atoms with E-state index in [2.05, 4.69) is 56.9 Å². The van der Waals surface area contributed by atoms with Gasteiger partial charge in [-0.25, -0.2) is 0 Å². The van der Waals surface area contributed by atoms with E-state index in [-0.39, 0.29) is 18.3 Å². The van der Waals surface area contributed by atoms with Gasteiger partial charge in [0.15, 0.2) is 0 Å². The summed E-state index contributed by atoms with van der Waals surface area (Å²) in [5.74, 6) is 0.935. The third-order valence-electron chi connectivity index (χ3n) is 6.61. The number of nitrogens with one attached hydrogen (secondary N) is 2. The lowest BCUT2D eigenvalue weighted by atomic mass is 9.95. The summed E-state index contributed by atoms with van der Waals surface area (Å²) in [6, 6.07) is 20.6. The van der Waals surface area contributed by atoms with E-state index in [9.17, 15) is 4.79 Å². The van der Waals surface area contributed by atoms with Crippen LogP contribution in [0.2, 0.25) is 0 Å². The molecule has 0 saturated carbocycles. The molecule has 5 nitrogen and oxygen atoms in total. The Bertz CT molecular complexity index is 1000. The van der Waals surface area contributed by atoms with E-state index >= 15 is 0 Å². The van der Waals surface area contributed by atoms with Crippen molar-refractivity contribution < 1.29 is 4.79 Å². The minimum atomic E-state index is 0. The predicted molar refractivity (Wildman–Crippen MR) is 142 cm³/mol. The van der Waals surface area contributed by atoms with Crippen LogP contribution in [0.1, 0.15) is 36.9 Å². The van der Waals surface area contributed by atoms with Crippen molar-refractivity contribution >= 4 is 29.1 Å². The number of halogens is 1. The molecule has 2 aromatic carbocycles. The molecule has 2 heterocycles. The Labute approximate surface area is 209 Å². The Morgan fingerprint density at radius 2 is 1.65 bits per heavy atom. The standard InChI is InChI=1S/C28H36N4O.ClH/c33-28(20-25-10-7-9-24-8-1-2-12-27(24)25)32-18-13-23(14-19-32)21-29-15-5-6-16-30-22-26-11-3-4-17-31-26;/h1-4,7-12,17,23,29-30H,5-6,13-16,18-22H2;1H. The number of carbonyl (C=O) groups excluding carboxylic acids is 1. The van der Waals surface area contributed by atoms with Crippen molar-refractivity contribution in [2.75, 3.05) is 32.7 Å². The second-order valence-corrected chi connectivity index (χ2v) is 9.05. The highest BCUT2D eigenvalue weighted by Crippen LogP contribution is 2.21. The van der Waals surface area contributed by atoms with Crippen molar-refractivity contribution in [2.45, 2.75) is 38.6 Å². The molecule has 1 saturated heterocycles. The van der Waals surface area contributed by atoms with E-state index in [0.717, 1.165) is 63.4 Å². The summed E-state index contributed by atoms with van der Waals surface area (Å²) in [6.07, 6.45) is 6.88. The van der Waals surface area contributed by atoms with Gasteiger partial charge in [0.05, 0.1) is 12.1 Å². The molecular weight excluding hydrogens is 444 g/mol. The fourth-order valence-corrected chi connectivity index (χ4v) is 4.63. The van der Waals surface area contributed by atoms with Crippen molar-refractivity contribution in [1.82, 2.24) is 20.5 Å². The molecule has 3 aromatic rings. The number of hydrogen-bond donors (Lipinski definition) is 2. The van der Waals surface area contributed by atoms with Crippen molar-refractivity contribution in [3.63, 3.8) is 0 Å². The van der Waals surface area contributed by atoms with Gasteiger partial charge in [-0.15, -0.1) is 12.4 Å². The number of piperidine rings is 1. The van der Waals surface area contributed by atoms with Crippen LogP contribution in [-0.4, -0.2) is 48.5 Å². The van der Waals surface area contributed by atoms with Crippen LogP contribution in [0.25, 0.3) is 10.8 Å². The molecule has 4 rings (SSSR count). The van der Waals surface area contributed by atoms with E-state index in [0.29, 0.717) is 12.3 Å². The van der Waals surface area contributed by atoms with Crippen LogP contribution in [0.3, 0.4) is 0 Å². The molecule has 34 heavy (non-hydrogen) atoms. The third-order valence-corrected chi connectivity index (χ3v) is 6.61. The Balaban J connectivity index is 0.00000324. The molecule has 0 spiro atoms. The Morgan fingerprint density at radius 3 is 2.44 bits per heavy atom. The maximum absolute atomic E-state index is 12.9. The number of rotatable bonds is 11. The first-order chi connectivity index (χ1) is 16.3. The summed E-state index contributed by atoms with van der Waals surface area (Å²) in [4.78, 5) is 19.3. The molecule has 1 amide bonds. The quantitative estimate of drug-likeness (QED) is 0.394. The molecule has 0 unspecified atom stereocenters. The molecule has 2 N–H and O–H groups in total. The van der Waals surface area contributed by atoms with Crippen LogP contribution in [0.5, 0.6) is 0 Å². The molecule has 1 aliphatic rings. The average molecular weight is 481 g/mol. The molecule has 0 bridgehead atoms.